The molecule has 0 aliphatic carbocycles. The van der Waals surface area contributed by atoms with Crippen molar-refractivity contribution in [2.75, 3.05) is 13.7 Å². The number of hydrogen-bond acceptors (Lipinski definition) is 7. The molecule has 3 aromatic carbocycles. The van der Waals surface area contributed by atoms with E-state index in [0.717, 1.165) is 0 Å². The van der Waals surface area contributed by atoms with Crippen LogP contribution in [0.5, 0.6) is 17.2 Å². The van der Waals surface area contributed by atoms with E-state index in [1.54, 1.807) is 72.8 Å². The second kappa shape index (κ2) is 10.2. The van der Waals surface area contributed by atoms with E-state index in [-0.39, 0.29) is 22.9 Å². The minimum Gasteiger partial charge on any atom is -0.496 e. The number of carbonyl (C=O) groups is 2. The number of rotatable bonds is 7. The quantitative estimate of drug-likeness (QED) is 0.260. The number of carbonyl (C=O) groups excluding carboxylic acids is 2. The number of methoxy groups -OCH3 is 1. The standard InChI is InChI=1S/C26H20ClNO6/c1-3-32-23-15-16(8-13-22(23)33-25(29)19-6-4-5-7-21(19)31-2)14-20-26(30)34-24(28-20)17-9-11-18(27)12-10-17/h4-15H,3H2,1-2H3. The smallest absolute Gasteiger partial charge is 0.363 e. The molecule has 0 unspecified atom stereocenters. The molecule has 0 saturated carbocycles. The van der Waals surface area contributed by atoms with Crippen LogP contribution >= 0.6 is 11.6 Å². The molecule has 172 valence electrons. The Morgan fingerprint density at radius 2 is 1.79 bits per heavy atom. The minimum atomic E-state index is -0.582. The fraction of sp³-hybridized carbons (Fsp3) is 0.115. The van der Waals surface area contributed by atoms with Gasteiger partial charge in [0.15, 0.2) is 17.2 Å². The first-order chi connectivity index (χ1) is 16.5. The Morgan fingerprint density at radius 1 is 1.03 bits per heavy atom. The van der Waals surface area contributed by atoms with E-state index < -0.39 is 11.9 Å². The van der Waals surface area contributed by atoms with Crippen molar-refractivity contribution in [1.29, 1.82) is 0 Å². The monoisotopic (exact) mass is 477 g/mol. The van der Waals surface area contributed by atoms with E-state index in [2.05, 4.69) is 4.99 Å². The summed E-state index contributed by atoms with van der Waals surface area (Å²) in [6.07, 6.45) is 1.57. The Balaban J connectivity index is 1.60. The maximum Gasteiger partial charge on any atom is 0.363 e. The van der Waals surface area contributed by atoms with Gasteiger partial charge >= 0.3 is 11.9 Å². The molecule has 3 aromatic rings. The summed E-state index contributed by atoms with van der Waals surface area (Å²) < 4.78 is 21.7. The maximum absolute atomic E-state index is 12.7. The van der Waals surface area contributed by atoms with Crippen LogP contribution in [0.2, 0.25) is 5.02 Å². The van der Waals surface area contributed by atoms with E-state index in [9.17, 15) is 9.59 Å². The molecular weight excluding hydrogens is 458 g/mol. The van der Waals surface area contributed by atoms with Crippen molar-refractivity contribution in [2.45, 2.75) is 6.92 Å². The molecule has 0 atom stereocenters. The number of para-hydroxylation sites is 1. The molecule has 0 N–H and O–H groups in total. The van der Waals surface area contributed by atoms with Crippen LogP contribution in [0.15, 0.2) is 77.4 Å². The van der Waals surface area contributed by atoms with Gasteiger partial charge in [-0.25, -0.2) is 14.6 Å². The molecule has 0 fully saturated rings. The van der Waals surface area contributed by atoms with E-state index in [0.29, 0.717) is 34.3 Å². The molecular formula is C26H20ClNO6. The molecule has 1 aliphatic heterocycles. The third kappa shape index (κ3) is 5.10. The van der Waals surface area contributed by atoms with Gasteiger partial charge in [0.05, 0.1) is 13.7 Å². The van der Waals surface area contributed by atoms with Crippen LogP contribution in [0, 0.1) is 0 Å². The van der Waals surface area contributed by atoms with Crippen LogP contribution < -0.4 is 14.2 Å². The predicted molar refractivity (Wildman–Crippen MR) is 128 cm³/mol. The van der Waals surface area contributed by atoms with E-state index in [1.807, 2.05) is 6.92 Å². The lowest BCUT2D eigenvalue weighted by atomic mass is 10.1. The fourth-order valence-electron chi connectivity index (χ4n) is 3.22. The van der Waals surface area contributed by atoms with Gasteiger partial charge in [0, 0.05) is 10.6 Å². The van der Waals surface area contributed by atoms with Crippen LogP contribution in [0.4, 0.5) is 0 Å². The highest BCUT2D eigenvalue weighted by Gasteiger charge is 2.24. The van der Waals surface area contributed by atoms with Crippen molar-refractivity contribution >= 4 is 35.5 Å². The topological polar surface area (TPSA) is 83.4 Å². The lowest BCUT2D eigenvalue weighted by molar-refractivity contribution is -0.129. The molecule has 0 amide bonds. The summed E-state index contributed by atoms with van der Waals surface area (Å²) in [6.45, 7) is 2.16. The molecule has 7 nitrogen and oxygen atoms in total. The van der Waals surface area contributed by atoms with E-state index in [1.165, 1.54) is 7.11 Å². The van der Waals surface area contributed by atoms with Crippen LogP contribution in [-0.4, -0.2) is 31.6 Å². The van der Waals surface area contributed by atoms with Crippen LogP contribution in [-0.2, 0) is 9.53 Å². The molecule has 1 aliphatic rings. The molecule has 0 aromatic heterocycles. The van der Waals surface area contributed by atoms with Crippen molar-refractivity contribution in [2.24, 2.45) is 4.99 Å². The van der Waals surface area contributed by atoms with Gasteiger partial charge in [-0.1, -0.05) is 29.8 Å². The SMILES string of the molecule is CCOc1cc(C=C2N=C(c3ccc(Cl)cc3)OC2=O)ccc1OC(=O)c1ccccc1OC. The molecule has 0 saturated heterocycles. The van der Waals surface area contributed by atoms with Crippen molar-refractivity contribution in [3.63, 3.8) is 0 Å². The molecule has 0 radical (unpaired) electrons. The number of halogens is 1. The number of aliphatic imine (C=N–C) groups is 1. The zero-order chi connectivity index (χ0) is 24.1. The number of esters is 2. The Bertz CT molecular complexity index is 1300. The summed E-state index contributed by atoms with van der Waals surface area (Å²) in [7, 11) is 1.48. The second-order valence-electron chi connectivity index (χ2n) is 7.07. The normalized spacial score (nSPS) is 13.9. The number of cyclic esters (lactones) is 1. The van der Waals surface area contributed by atoms with Gasteiger partial charge in [0.1, 0.15) is 11.3 Å². The molecule has 0 spiro atoms. The van der Waals surface area contributed by atoms with E-state index >= 15 is 0 Å². The number of benzene rings is 3. The number of hydrogen-bond donors (Lipinski definition) is 0. The maximum atomic E-state index is 12.7. The average Bonchev–Trinajstić information content (AvgIpc) is 3.21. The average molecular weight is 478 g/mol. The van der Waals surface area contributed by atoms with Crippen LogP contribution in [0.25, 0.3) is 6.08 Å². The molecule has 8 heteroatoms. The van der Waals surface area contributed by atoms with Gasteiger partial charge < -0.3 is 18.9 Å². The summed E-state index contributed by atoms with van der Waals surface area (Å²) >= 11 is 5.91. The summed E-state index contributed by atoms with van der Waals surface area (Å²) in [5, 5.41) is 0.569. The predicted octanol–water partition coefficient (Wildman–Crippen LogP) is 5.31. The van der Waals surface area contributed by atoms with Crippen molar-refractivity contribution in [1.82, 2.24) is 0 Å². The third-order valence-corrected chi connectivity index (χ3v) is 5.06. The summed E-state index contributed by atoms with van der Waals surface area (Å²) in [6, 6.07) is 18.5. The molecule has 34 heavy (non-hydrogen) atoms. The Labute approximate surface area is 201 Å². The highest BCUT2D eigenvalue weighted by atomic mass is 35.5. The van der Waals surface area contributed by atoms with Crippen LogP contribution in [0.3, 0.4) is 0 Å². The molecule has 4 rings (SSSR count). The zero-order valence-electron chi connectivity index (χ0n) is 18.4. The Kier molecular flexibility index (Phi) is 6.94. The second-order valence-corrected chi connectivity index (χ2v) is 7.51. The summed E-state index contributed by atoms with van der Waals surface area (Å²) in [4.78, 5) is 29.3. The van der Waals surface area contributed by atoms with Gasteiger partial charge in [0.2, 0.25) is 5.90 Å². The highest BCUT2D eigenvalue weighted by molar-refractivity contribution is 6.30. The van der Waals surface area contributed by atoms with Gasteiger partial charge in [0.25, 0.3) is 0 Å². The first kappa shape index (κ1) is 23.1. The number of nitrogens with zero attached hydrogens (tertiary/aromatic N) is 1. The zero-order valence-corrected chi connectivity index (χ0v) is 19.2. The fourth-order valence-corrected chi connectivity index (χ4v) is 3.34. The van der Waals surface area contributed by atoms with Crippen molar-refractivity contribution in [3.05, 3.63) is 94.1 Å². The van der Waals surface area contributed by atoms with Crippen molar-refractivity contribution < 1.29 is 28.5 Å². The summed E-state index contributed by atoms with van der Waals surface area (Å²) in [5.74, 6) is 0.0181. The first-order valence-corrected chi connectivity index (χ1v) is 10.8. The largest absolute Gasteiger partial charge is 0.496 e. The lowest BCUT2D eigenvalue weighted by Gasteiger charge is -2.12. The first-order valence-electron chi connectivity index (χ1n) is 10.4. The minimum absolute atomic E-state index is 0.131. The lowest BCUT2D eigenvalue weighted by Crippen LogP contribution is -2.11. The van der Waals surface area contributed by atoms with Gasteiger partial charge in [-0.15, -0.1) is 0 Å². The van der Waals surface area contributed by atoms with E-state index in [4.69, 9.17) is 30.5 Å². The Morgan fingerprint density at radius 3 is 2.53 bits per heavy atom. The highest BCUT2D eigenvalue weighted by Crippen LogP contribution is 2.32. The van der Waals surface area contributed by atoms with Gasteiger partial charge in [-0.3, -0.25) is 0 Å². The van der Waals surface area contributed by atoms with Crippen LogP contribution in [0.1, 0.15) is 28.4 Å². The molecule has 1 heterocycles. The Hall–Kier alpha value is -4.10. The molecule has 0 bridgehead atoms. The number of ether oxygens (including phenoxy) is 4. The van der Waals surface area contributed by atoms with Crippen molar-refractivity contribution in [3.8, 4) is 17.2 Å². The third-order valence-electron chi connectivity index (χ3n) is 4.81. The summed E-state index contributed by atoms with van der Waals surface area (Å²) in [5.41, 5.74) is 1.67. The van der Waals surface area contributed by atoms with Gasteiger partial charge in [-0.2, -0.15) is 0 Å². The van der Waals surface area contributed by atoms with Gasteiger partial charge in [-0.05, 0) is 67.1 Å².